The van der Waals surface area contributed by atoms with Crippen molar-refractivity contribution in [1.29, 1.82) is 0 Å². The second-order valence-electron chi connectivity index (χ2n) is 7.46. The highest BCUT2D eigenvalue weighted by Gasteiger charge is 2.42. The molecular formula is C19H31NO. The molecule has 0 saturated carbocycles. The van der Waals surface area contributed by atoms with Gasteiger partial charge in [-0.15, -0.1) is 0 Å². The first-order valence-electron chi connectivity index (χ1n) is 8.32. The van der Waals surface area contributed by atoms with E-state index >= 15 is 0 Å². The first kappa shape index (κ1) is 16.5. The first-order chi connectivity index (χ1) is 9.94. The van der Waals surface area contributed by atoms with E-state index < -0.39 is 0 Å². The van der Waals surface area contributed by atoms with Crippen LogP contribution in [0.4, 0.5) is 0 Å². The molecule has 118 valence electrons. The number of benzene rings is 1. The summed E-state index contributed by atoms with van der Waals surface area (Å²) >= 11 is 0. The minimum Gasteiger partial charge on any atom is -0.376 e. The van der Waals surface area contributed by atoms with Crippen molar-refractivity contribution in [3.8, 4) is 0 Å². The van der Waals surface area contributed by atoms with E-state index in [2.05, 4.69) is 63.3 Å². The molecule has 1 fully saturated rings. The van der Waals surface area contributed by atoms with Crippen LogP contribution in [0, 0.1) is 11.3 Å². The van der Waals surface area contributed by atoms with Gasteiger partial charge in [0.1, 0.15) is 0 Å². The lowest BCUT2D eigenvalue weighted by molar-refractivity contribution is -0.121. The van der Waals surface area contributed by atoms with E-state index in [4.69, 9.17) is 4.74 Å². The van der Waals surface area contributed by atoms with Gasteiger partial charge in [0.15, 0.2) is 0 Å². The lowest BCUT2D eigenvalue weighted by atomic mass is 9.65. The van der Waals surface area contributed by atoms with Gasteiger partial charge in [-0.05, 0) is 56.6 Å². The summed E-state index contributed by atoms with van der Waals surface area (Å²) in [4.78, 5) is 0. The Bertz CT molecular complexity index is 426. The van der Waals surface area contributed by atoms with Gasteiger partial charge >= 0.3 is 0 Å². The number of hydrogen-bond acceptors (Lipinski definition) is 2. The van der Waals surface area contributed by atoms with Crippen molar-refractivity contribution in [2.24, 2.45) is 11.3 Å². The van der Waals surface area contributed by atoms with Gasteiger partial charge in [0.05, 0.1) is 5.60 Å². The molecule has 2 rings (SSSR count). The van der Waals surface area contributed by atoms with Gasteiger partial charge in [-0.1, -0.05) is 44.2 Å². The summed E-state index contributed by atoms with van der Waals surface area (Å²) in [7, 11) is 0. The Hall–Kier alpha value is -0.860. The third-order valence-electron chi connectivity index (χ3n) is 5.07. The van der Waals surface area contributed by atoms with Crippen LogP contribution in [-0.4, -0.2) is 18.8 Å². The monoisotopic (exact) mass is 289 g/mol. The van der Waals surface area contributed by atoms with Crippen molar-refractivity contribution < 1.29 is 4.74 Å². The second kappa shape index (κ2) is 6.93. The summed E-state index contributed by atoms with van der Waals surface area (Å²) in [6.07, 6.45) is 3.61. The average molecular weight is 289 g/mol. The van der Waals surface area contributed by atoms with Crippen LogP contribution >= 0.6 is 0 Å². The summed E-state index contributed by atoms with van der Waals surface area (Å²) in [5.74, 6) is 0.708. The van der Waals surface area contributed by atoms with E-state index in [0.29, 0.717) is 11.3 Å². The van der Waals surface area contributed by atoms with Crippen molar-refractivity contribution in [3.63, 3.8) is 0 Å². The minimum absolute atomic E-state index is 0.0297. The van der Waals surface area contributed by atoms with Gasteiger partial charge in [-0.2, -0.15) is 0 Å². The molecule has 1 atom stereocenters. The molecule has 1 saturated heterocycles. The fourth-order valence-corrected chi connectivity index (χ4v) is 3.68. The van der Waals surface area contributed by atoms with Crippen LogP contribution in [0.1, 0.15) is 52.5 Å². The molecule has 1 aliphatic heterocycles. The molecule has 0 bridgehead atoms. The van der Waals surface area contributed by atoms with Crippen molar-refractivity contribution in [2.75, 3.05) is 13.2 Å². The largest absolute Gasteiger partial charge is 0.376 e. The summed E-state index contributed by atoms with van der Waals surface area (Å²) in [6.45, 7) is 12.2. The van der Waals surface area contributed by atoms with Crippen LogP contribution in [0.2, 0.25) is 0 Å². The molecule has 2 heteroatoms. The Labute approximate surface area is 130 Å². The van der Waals surface area contributed by atoms with E-state index in [1.807, 2.05) is 0 Å². The second-order valence-corrected chi connectivity index (χ2v) is 7.46. The highest BCUT2D eigenvalue weighted by molar-refractivity contribution is 5.14. The molecule has 0 aromatic heterocycles. The van der Waals surface area contributed by atoms with E-state index in [1.165, 1.54) is 24.8 Å². The van der Waals surface area contributed by atoms with Crippen molar-refractivity contribution >= 4 is 0 Å². The highest BCUT2D eigenvalue weighted by Crippen LogP contribution is 2.46. The Balaban J connectivity index is 1.86. The SMILES string of the molecule is CC(C)[C@]1(CCNCc2ccccc2)CCOC(C)(C)C1. The Morgan fingerprint density at radius 2 is 1.90 bits per heavy atom. The zero-order valence-corrected chi connectivity index (χ0v) is 14.1. The fourth-order valence-electron chi connectivity index (χ4n) is 3.68. The maximum atomic E-state index is 5.93. The maximum Gasteiger partial charge on any atom is 0.0631 e. The van der Waals surface area contributed by atoms with Crippen LogP contribution in [-0.2, 0) is 11.3 Å². The normalized spacial score (nSPS) is 25.2. The quantitative estimate of drug-likeness (QED) is 0.784. The molecule has 0 amide bonds. The molecule has 0 radical (unpaired) electrons. The highest BCUT2D eigenvalue weighted by atomic mass is 16.5. The summed E-state index contributed by atoms with van der Waals surface area (Å²) in [5.41, 5.74) is 1.82. The summed E-state index contributed by atoms with van der Waals surface area (Å²) < 4.78 is 5.93. The molecule has 1 aliphatic rings. The zero-order chi connectivity index (χ0) is 15.3. The minimum atomic E-state index is 0.0297. The van der Waals surface area contributed by atoms with Crippen molar-refractivity contribution in [2.45, 2.75) is 59.1 Å². The van der Waals surface area contributed by atoms with Crippen LogP contribution in [0.3, 0.4) is 0 Å². The Kier molecular flexibility index (Phi) is 5.45. The van der Waals surface area contributed by atoms with Gasteiger partial charge in [0, 0.05) is 13.2 Å². The molecule has 0 spiro atoms. The van der Waals surface area contributed by atoms with Crippen LogP contribution in [0.25, 0.3) is 0 Å². The number of nitrogens with one attached hydrogen (secondary N) is 1. The first-order valence-corrected chi connectivity index (χ1v) is 8.32. The molecule has 1 heterocycles. The van der Waals surface area contributed by atoms with Crippen LogP contribution in [0.5, 0.6) is 0 Å². The number of ether oxygens (including phenoxy) is 1. The molecule has 2 nitrogen and oxygen atoms in total. The third kappa shape index (κ3) is 4.55. The van der Waals surface area contributed by atoms with Crippen LogP contribution < -0.4 is 5.32 Å². The fraction of sp³-hybridized carbons (Fsp3) is 0.684. The smallest absolute Gasteiger partial charge is 0.0631 e. The van der Waals surface area contributed by atoms with E-state index in [-0.39, 0.29) is 5.60 Å². The number of rotatable bonds is 6. The van der Waals surface area contributed by atoms with Crippen LogP contribution in [0.15, 0.2) is 30.3 Å². The molecule has 1 N–H and O–H groups in total. The van der Waals surface area contributed by atoms with E-state index in [1.54, 1.807) is 0 Å². The van der Waals surface area contributed by atoms with Gasteiger partial charge in [-0.3, -0.25) is 0 Å². The standard InChI is InChI=1S/C19H31NO/c1-16(2)19(11-13-21-18(3,4)15-19)10-12-20-14-17-8-6-5-7-9-17/h5-9,16,20H,10-15H2,1-4H3/t19-/m1/s1. The molecule has 21 heavy (non-hydrogen) atoms. The molecule has 1 aromatic carbocycles. The molecule has 1 aromatic rings. The Morgan fingerprint density at radius 3 is 2.52 bits per heavy atom. The Morgan fingerprint density at radius 1 is 1.19 bits per heavy atom. The lowest BCUT2D eigenvalue weighted by Gasteiger charge is -2.48. The summed E-state index contributed by atoms with van der Waals surface area (Å²) in [6, 6.07) is 10.6. The van der Waals surface area contributed by atoms with Gasteiger partial charge in [-0.25, -0.2) is 0 Å². The number of hydrogen-bond donors (Lipinski definition) is 1. The van der Waals surface area contributed by atoms with Crippen molar-refractivity contribution in [3.05, 3.63) is 35.9 Å². The molecule has 0 unspecified atom stereocenters. The predicted molar refractivity (Wildman–Crippen MR) is 89.3 cm³/mol. The average Bonchev–Trinajstić information content (AvgIpc) is 2.43. The molecular weight excluding hydrogens is 258 g/mol. The van der Waals surface area contributed by atoms with Gasteiger partial charge in [0.2, 0.25) is 0 Å². The third-order valence-corrected chi connectivity index (χ3v) is 5.07. The predicted octanol–water partition coefficient (Wildman–Crippen LogP) is 4.40. The topological polar surface area (TPSA) is 21.3 Å². The summed E-state index contributed by atoms with van der Waals surface area (Å²) in [5, 5.41) is 3.62. The van der Waals surface area contributed by atoms with Gasteiger partial charge < -0.3 is 10.1 Å². The zero-order valence-electron chi connectivity index (χ0n) is 14.1. The maximum absolute atomic E-state index is 5.93. The van der Waals surface area contributed by atoms with Gasteiger partial charge in [0.25, 0.3) is 0 Å². The van der Waals surface area contributed by atoms with E-state index in [9.17, 15) is 0 Å². The molecule has 0 aliphatic carbocycles. The van der Waals surface area contributed by atoms with E-state index in [0.717, 1.165) is 19.7 Å². The lowest BCUT2D eigenvalue weighted by Crippen LogP contribution is -2.45. The van der Waals surface area contributed by atoms with Crippen molar-refractivity contribution in [1.82, 2.24) is 5.32 Å².